The van der Waals surface area contributed by atoms with E-state index in [2.05, 4.69) is 68.5 Å². The van der Waals surface area contributed by atoms with E-state index in [0.29, 0.717) is 10.5 Å². The lowest BCUT2D eigenvalue weighted by Gasteiger charge is -2.32. The van der Waals surface area contributed by atoms with Crippen LogP contribution in [0.15, 0.2) is 56.5 Å². The first kappa shape index (κ1) is 35.4. The topological polar surface area (TPSA) is 78.3 Å². The molecule has 1 amide bonds. The molecule has 11 heteroatoms. The predicted octanol–water partition coefficient (Wildman–Crippen LogP) is 7.18. The van der Waals surface area contributed by atoms with E-state index >= 15 is 0 Å². The Kier molecular flexibility index (Phi) is 15.1. The Morgan fingerprint density at radius 3 is 2.52 bits per heavy atom. The number of carbonyl (C=O) groups is 1. The fourth-order valence-electron chi connectivity index (χ4n) is 4.90. The summed E-state index contributed by atoms with van der Waals surface area (Å²) in [6.45, 7) is 4.93. The van der Waals surface area contributed by atoms with Gasteiger partial charge in [-0.2, -0.15) is 4.99 Å². The van der Waals surface area contributed by atoms with Crippen LogP contribution >= 0.6 is 15.9 Å². The Morgan fingerprint density at radius 2 is 1.88 bits per heavy atom. The lowest BCUT2D eigenvalue weighted by molar-refractivity contribution is -0.274. The summed E-state index contributed by atoms with van der Waals surface area (Å²) in [7, 11) is 5.57. The van der Waals surface area contributed by atoms with Crippen molar-refractivity contribution < 1.29 is 22.7 Å². The number of benzene rings is 1. The number of hydrogen-bond acceptors (Lipinski definition) is 4. The summed E-state index contributed by atoms with van der Waals surface area (Å²) >= 11 is 3.04. The van der Waals surface area contributed by atoms with Crippen LogP contribution in [0.3, 0.4) is 0 Å². The van der Waals surface area contributed by atoms with Crippen molar-refractivity contribution in [1.29, 1.82) is 0 Å². The fourth-order valence-corrected chi connectivity index (χ4v) is 5.24. The minimum absolute atomic E-state index is 0.171. The maximum absolute atomic E-state index is 12.1. The van der Waals surface area contributed by atoms with Gasteiger partial charge in [-0.05, 0) is 50.2 Å². The molecule has 4 rings (SSSR count). The highest BCUT2D eigenvalue weighted by Crippen LogP contribution is 2.30. The molecule has 2 aliphatic carbocycles. The number of allylic oxidation sites excluding steroid dienone is 3. The maximum Gasteiger partial charge on any atom is 0.573 e. The van der Waals surface area contributed by atoms with Crippen molar-refractivity contribution in [1.82, 2.24) is 15.5 Å². The Labute approximate surface area is 256 Å². The first-order valence-corrected chi connectivity index (χ1v) is 15.5. The van der Waals surface area contributed by atoms with Gasteiger partial charge in [0.25, 0.3) is 0 Å². The number of alkyl halides is 3. The van der Waals surface area contributed by atoms with Gasteiger partial charge in [-0.15, -0.1) is 13.2 Å². The van der Waals surface area contributed by atoms with Crippen molar-refractivity contribution in [2.75, 3.05) is 27.7 Å². The van der Waals surface area contributed by atoms with Crippen LogP contribution in [0.5, 0.6) is 5.75 Å². The zero-order valence-corrected chi connectivity index (χ0v) is 26.9. The summed E-state index contributed by atoms with van der Waals surface area (Å²) in [5, 5.41) is 5.91. The third-order valence-corrected chi connectivity index (χ3v) is 7.44. The molecule has 234 valence electrons. The van der Waals surface area contributed by atoms with Crippen molar-refractivity contribution in [2.24, 2.45) is 15.9 Å². The fraction of sp³-hybridized carbons (Fsp3) is 0.581. The second kappa shape index (κ2) is 18.0. The number of nitrogens with zero attached hydrogens (tertiary/aromatic N) is 3. The SMILES string of the molecule is CC.CN(C)C1=NC(=NCC2CCCCC2)NC2CC/C=C\C/C=C/12.CNC(=O)Cc1ccc(Br)cc1OC(F)(F)F. The summed E-state index contributed by atoms with van der Waals surface area (Å²) in [6.07, 6.45) is 11.9. The molecule has 7 nitrogen and oxygen atoms in total. The van der Waals surface area contributed by atoms with Crippen LogP contribution in [0.25, 0.3) is 0 Å². The zero-order valence-electron chi connectivity index (χ0n) is 25.4. The van der Waals surface area contributed by atoms with E-state index < -0.39 is 6.36 Å². The summed E-state index contributed by atoms with van der Waals surface area (Å²) in [5.74, 6) is 1.90. The largest absolute Gasteiger partial charge is 0.573 e. The normalized spacial score (nSPS) is 21.6. The lowest BCUT2D eigenvalue weighted by atomic mass is 9.89. The number of carbonyl (C=O) groups excluding carboxylic acids is 1. The zero-order chi connectivity index (χ0) is 31.1. The Morgan fingerprint density at radius 1 is 1.17 bits per heavy atom. The number of aliphatic imine (C=N–C) groups is 2. The smallest absolute Gasteiger partial charge is 0.405 e. The number of fused-ring (bicyclic) bond motifs is 1. The molecule has 1 heterocycles. The van der Waals surface area contributed by atoms with E-state index in [1.54, 1.807) is 6.07 Å². The molecule has 1 aromatic rings. The number of nitrogens with one attached hydrogen (secondary N) is 2. The monoisotopic (exact) mass is 655 g/mol. The van der Waals surface area contributed by atoms with E-state index in [1.807, 2.05) is 13.8 Å². The molecule has 42 heavy (non-hydrogen) atoms. The molecule has 1 unspecified atom stereocenters. The molecule has 1 saturated carbocycles. The van der Waals surface area contributed by atoms with Crippen LogP contribution in [0.4, 0.5) is 13.2 Å². The standard InChI is InChI=1S/C19H30N4.C10H9BrF3NO2.C2H6/c1-23(2)18-16-12-8-3-4-9-13-17(16)21-19(22-18)20-14-15-10-6-5-7-11-15;1-15-9(16)4-6-2-3-7(11)5-8(6)17-10(12,13)14;1-2/h3-4,12,15,17H,5-11,13-14H2,1-2H3,(H,20,21);2-3,5H,4H2,1H3,(H,15,16);1-2H3/b4-3-,16-12+;;. The summed E-state index contributed by atoms with van der Waals surface area (Å²) < 4.78 is 40.7. The van der Waals surface area contributed by atoms with Gasteiger partial charge in [0.15, 0.2) is 0 Å². The van der Waals surface area contributed by atoms with Crippen LogP contribution in [-0.2, 0) is 11.2 Å². The first-order valence-electron chi connectivity index (χ1n) is 14.7. The summed E-state index contributed by atoms with van der Waals surface area (Å²) in [4.78, 5) is 22.9. The van der Waals surface area contributed by atoms with Crippen LogP contribution < -0.4 is 15.4 Å². The van der Waals surface area contributed by atoms with Crippen LogP contribution in [-0.4, -0.2) is 62.7 Å². The summed E-state index contributed by atoms with van der Waals surface area (Å²) in [5.41, 5.74) is 1.50. The number of amides is 1. The van der Waals surface area contributed by atoms with Gasteiger partial charge < -0.3 is 20.3 Å². The lowest BCUT2D eigenvalue weighted by Crippen LogP contribution is -2.46. The number of rotatable bonds is 5. The Balaban J connectivity index is 0.000000290. The molecule has 2 N–H and O–H groups in total. The van der Waals surface area contributed by atoms with Crippen LogP contribution in [0.2, 0.25) is 0 Å². The number of hydrogen-bond donors (Lipinski definition) is 2. The number of likely N-dealkylation sites (N-methyl/N-ethyl adjacent to an activating group) is 2. The highest BCUT2D eigenvalue weighted by molar-refractivity contribution is 9.10. The third-order valence-electron chi connectivity index (χ3n) is 6.94. The molecular formula is C31H45BrF3N5O2. The van der Waals surface area contributed by atoms with Crippen molar-refractivity contribution >= 4 is 33.6 Å². The maximum atomic E-state index is 12.1. The number of guanidine groups is 1. The van der Waals surface area contributed by atoms with E-state index in [-0.39, 0.29) is 23.6 Å². The molecule has 0 spiro atoms. The molecule has 0 aromatic heterocycles. The van der Waals surface area contributed by atoms with Gasteiger partial charge in [0.2, 0.25) is 11.9 Å². The minimum atomic E-state index is -4.78. The second-order valence-electron chi connectivity index (χ2n) is 10.3. The number of ether oxygens (including phenoxy) is 1. The molecule has 1 atom stereocenters. The van der Waals surface area contributed by atoms with Crippen molar-refractivity contribution in [2.45, 2.75) is 84.0 Å². The predicted molar refractivity (Wildman–Crippen MR) is 168 cm³/mol. The highest BCUT2D eigenvalue weighted by Gasteiger charge is 2.32. The van der Waals surface area contributed by atoms with Gasteiger partial charge in [0.1, 0.15) is 11.6 Å². The average molecular weight is 657 g/mol. The van der Waals surface area contributed by atoms with Crippen molar-refractivity contribution in [3.8, 4) is 5.75 Å². The highest BCUT2D eigenvalue weighted by atomic mass is 79.9. The van der Waals surface area contributed by atoms with Crippen molar-refractivity contribution in [3.05, 3.63) is 52.0 Å². The molecule has 0 bridgehead atoms. The van der Waals surface area contributed by atoms with Crippen LogP contribution in [0, 0.1) is 5.92 Å². The molecule has 1 aromatic carbocycles. The molecule has 1 fully saturated rings. The van der Waals surface area contributed by atoms with E-state index in [4.69, 9.17) is 9.98 Å². The number of amidine groups is 1. The molecule has 0 radical (unpaired) electrons. The molecular weight excluding hydrogens is 611 g/mol. The molecule has 1 aliphatic heterocycles. The van der Waals surface area contributed by atoms with Crippen LogP contribution in [0.1, 0.15) is 70.8 Å². The van der Waals surface area contributed by atoms with E-state index in [9.17, 15) is 18.0 Å². The quantitative estimate of drug-likeness (QED) is 0.329. The van der Waals surface area contributed by atoms with Gasteiger partial charge in [-0.3, -0.25) is 9.79 Å². The third kappa shape index (κ3) is 12.2. The number of halogens is 4. The van der Waals surface area contributed by atoms with Gasteiger partial charge in [-0.1, -0.05) is 73.3 Å². The second-order valence-corrected chi connectivity index (χ2v) is 11.2. The average Bonchev–Trinajstić information content (AvgIpc) is 2.94. The summed E-state index contributed by atoms with van der Waals surface area (Å²) in [6, 6.07) is 4.47. The Bertz CT molecular complexity index is 1130. The van der Waals surface area contributed by atoms with Crippen molar-refractivity contribution in [3.63, 3.8) is 0 Å². The van der Waals surface area contributed by atoms with E-state index in [1.165, 1.54) is 56.9 Å². The first-order chi connectivity index (χ1) is 20.1. The van der Waals surface area contributed by atoms with Gasteiger partial charge in [0, 0.05) is 43.3 Å². The van der Waals surface area contributed by atoms with Gasteiger partial charge in [0.05, 0.1) is 12.5 Å². The van der Waals surface area contributed by atoms with Gasteiger partial charge in [-0.25, -0.2) is 0 Å². The minimum Gasteiger partial charge on any atom is -0.405 e. The van der Waals surface area contributed by atoms with Gasteiger partial charge >= 0.3 is 6.36 Å². The molecule has 0 saturated heterocycles. The van der Waals surface area contributed by atoms with E-state index in [0.717, 1.165) is 43.5 Å². The molecule has 3 aliphatic rings. The Hall–Kier alpha value is -2.82.